The molecule has 0 spiro atoms. The van der Waals surface area contributed by atoms with Gasteiger partial charge in [0.25, 0.3) is 5.91 Å². The Bertz CT molecular complexity index is 823. The first-order valence-corrected chi connectivity index (χ1v) is 7.41. The van der Waals surface area contributed by atoms with Crippen LogP contribution in [0.2, 0.25) is 0 Å². The molecule has 0 saturated heterocycles. The lowest BCUT2D eigenvalue weighted by molar-refractivity contribution is -0.139. The molecule has 0 bridgehead atoms. The van der Waals surface area contributed by atoms with Crippen molar-refractivity contribution >= 4 is 23.7 Å². The molecule has 1 unspecified atom stereocenters. The van der Waals surface area contributed by atoms with Gasteiger partial charge in [0.15, 0.2) is 0 Å². The Hall–Kier alpha value is -3.17. The molecule has 2 aromatic rings. The summed E-state index contributed by atoms with van der Waals surface area (Å²) in [6.45, 7) is 5.03. The summed E-state index contributed by atoms with van der Waals surface area (Å²) in [6, 6.07) is -1.20. The van der Waals surface area contributed by atoms with Crippen molar-refractivity contribution in [3.63, 3.8) is 0 Å². The van der Waals surface area contributed by atoms with E-state index < -0.39 is 29.6 Å². The molecule has 4 N–H and O–H groups in total. The van der Waals surface area contributed by atoms with Crippen LogP contribution >= 0.6 is 0 Å². The van der Waals surface area contributed by atoms with E-state index in [4.69, 9.17) is 10.5 Å². The van der Waals surface area contributed by atoms with Gasteiger partial charge < -0.3 is 20.9 Å². The van der Waals surface area contributed by atoms with Gasteiger partial charge in [0.1, 0.15) is 17.3 Å². The first kappa shape index (κ1) is 18.2. The monoisotopic (exact) mass is 349 g/mol. The summed E-state index contributed by atoms with van der Waals surface area (Å²) in [5.41, 5.74) is 4.98. The van der Waals surface area contributed by atoms with Crippen LogP contribution in [0, 0.1) is 0 Å². The third kappa shape index (κ3) is 4.90. The standard InChI is InChI=1S/C15H19N5O5/c1-15(2,3)25-14(24)19-9(12(22)23)4-8-5-17-13-18-10(11(16)21)7-20(13)6-8/h5-7,9H,4H2,1-3H3,(H2,16,21)(H,19,24)(H,22,23). The van der Waals surface area contributed by atoms with Gasteiger partial charge in [-0.15, -0.1) is 0 Å². The average Bonchev–Trinajstić information content (AvgIpc) is 2.87. The van der Waals surface area contributed by atoms with E-state index in [9.17, 15) is 19.5 Å². The van der Waals surface area contributed by atoms with E-state index in [2.05, 4.69) is 15.3 Å². The summed E-state index contributed by atoms with van der Waals surface area (Å²) in [4.78, 5) is 42.3. The molecule has 2 heterocycles. The third-order valence-electron chi connectivity index (χ3n) is 3.04. The van der Waals surface area contributed by atoms with Crippen molar-refractivity contribution < 1.29 is 24.2 Å². The number of carbonyl (C=O) groups is 3. The van der Waals surface area contributed by atoms with Gasteiger partial charge in [0.2, 0.25) is 5.78 Å². The number of imidazole rings is 1. The van der Waals surface area contributed by atoms with Crippen LogP contribution in [0.15, 0.2) is 18.6 Å². The minimum Gasteiger partial charge on any atom is -0.480 e. The van der Waals surface area contributed by atoms with Crippen LogP contribution in [0.4, 0.5) is 4.79 Å². The maximum atomic E-state index is 11.8. The number of aromatic nitrogens is 3. The van der Waals surface area contributed by atoms with E-state index in [1.807, 2.05) is 0 Å². The fourth-order valence-electron chi connectivity index (χ4n) is 2.04. The molecule has 10 nitrogen and oxygen atoms in total. The number of nitrogens with one attached hydrogen (secondary N) is 1. The lowest BCUT2D eigenvalue weighted by Gasteiger charge is -2.22. The zero-order valence-corrected chi connectivity index (χ0v) is 14.0. The summed E-state index contributed by atoms with van der Waals surface area (Å²) in [6.07, 6.45) is 3.52. The van der Waals surface area contributed by atoms with E-state index in [0.717, 1.165) is 0 Å². The lowest BCUT2D eigenvalue weighted by atomic mass is 10.1. The number of aliphatic carboxylic acids is 1. The number of amides is 2. The van der Waals surface area contributed by atoms with E-state index in [1.54, 1.807) is 27.0 Å². The summed E-state index contributed by atoms with van der Waals surface area (Å²) in [5, 5.41) is 11.6. The van der Waals surface area contributed by atoms with Crippen LogP contribution in [0.5, 0.6) is 0 Å². The number of rotatable bonds is 5. The zero-order chi connectivity index (χ0) is 18.8. The SMILES string of the molecule is CC(C)(C)OC(=O)NC(Cc1cnc2nc(C(N)=O)cn2c1)C(=O)O. The molecular weight excluding hydrogens is 330 g/mol. The Morgan fingerprint density at radius 1 is 1.36 bits per heavy atom. The number of hydrogen-bond donors (Lipinski definition) is 3. The number of primary amides is 1. The molecule has 0 aliphatic heterocycles. The van der Waals surface area contributed by atoms with Crippen LogP contribution in [0.3, 0.4) is 0 Å². The first-order valence-electron chi connectivity index (χ1n) is 7.41. The van der Waals surface area contributed by atoms with Gasteiger partial charge in [0.05, 0.1) is 0 Å². The van der Waals surface area contributed by atoms with Gasteiger partial charge >= 0.3 is 12.1 Å². The summed E-state index contributed by atoms with van der Waals surface area (Å²) in [7, 11) is 0. The molecule has 0 radical (unpaired) electrons. The van der Waals surface area contributed by atoms with Crippen molar-refractivity contribution in [1.29, 1.82) is 0 Å². The number of fused-ring (bicyclic) bond motifs is 1. The number of ether oxygens (including phenoxy) is 1. The molecular formula is C15H19N5O5. The summed E-state index contributed by atoms with van der Waals surface area (Å²) in [5.74, 6) is -1.65. The Balaban J connectivity index is 2.16. The van der Waals surface area contributed by atoms with E-state index >= 15 is 0 Å². The summed E-state index contributed by atoms with van der Waals surface area (Å²) >= 11 is 0. The number of carbonyl (C=O) groups excluding carboxylic acids is 2. The quantitative estimate of drug-likeness (QED) is 0.705. The van der Waals surface area contributed by atoms with Crippen LogP contribution in [-0.2, 0) is 16.0 Å². The maximum Gasteiger partial charge on any atom is 0.408 e. The van der Waals surface area contributed by atoms with Crippen LogP contribution in [0.1, 0.15) is 36.8 Å². The molecule has 2 amide bonds. The molecule has 1 atom stereocenters. The smallest absolute Gasteiger partial charge is 0.408 e. The van der Waals surface area contributed by atoms with E-state index in [-0.39, 0.29) is 17.9 Å². The fraction of sp³-hybridized carbons (Fsp3) is 0.400. The molecule has 10 heteroatoms. The number of carboxylic acid groups (broad SMARTS) is 1. The molecule has 0 aliphatic rings. The van der Waals surface area contributed by atoms with Gasteiger partial charge in [-0.2, -0.15) is 0 Å². The van der Waals surface area contributed by atoms with Crippen LogP contribution < -0.4 is 11.1 Å². The first-order chi connectivity index (χ1) is 11.5. The van der Waals surface area contributed by atoms with Gasteiger partial charge in [-0.25, -0.2) is 19.6 Å². The molecule has 134 valence electrons. The molecule has 2 aromatic heterocycles. The number of alkyl carbamates (subject to hydrolysis) is 1. The number of nitrogens with zero attached hydrogens (tertiary/aromatic N) is 3. The van der Waals surface area contributed by atoms with Gasteiger partial charge in [-0.3, -0.25) is 9.20 Å². The predicted molar refractivity (Wildman–Crippen MR) is 86.0 cm³/mol. The predicted octanol–water partition coefficient (Wildman–Crippen LogP) is 0.349. The Kier molecular flexibility index (Phi) is 4.91. The second kappa shape index (κ2) is 6.75. The van der Waals surface area contributed by atoms with Crippen LogP contribution in [-0.4, -0.2) is 49.1 Å². The molecule has 2 rings (SSSR count). The second-order valence-electron chi connectivity index (χ2n) is 6.40. The van der Waals surface area contributed by atoms with Crippen molar-refractivity contribution in [3.8, 4) is 0 Å². The van der Waals surface area contributed by atoms with Crippen molar-refractivity contribution in [1.82, 2.24) is 19.7 Å². The van der Waals surface area contributed by atoms with Gasteiger partial charge in [-0.05, 0) is 26.3 Å². The van der Waals surface area contributed by atoms with Crippen molar-refractivity contribution in [2.24, 2.45) is 5.73 Å². The Morgan fingerprint density at radius 3 is 2.60 bits per heavy atom. The third-order valence-corrected chi connectivity index (χ3v) is 3.04. The highest BCUT2D eigenvalue weighted by atomic mass is 16.6. The topological polar surface area (TPSA) is 149 Å². The zero-order valence-electron chi connectivity index (χ0n) is 14.0. The van der Waals surface area contributed by atoms with E-state index in [1.165, 1.54) is 16.8 Å². The molecule has 0 aliphatic carbocycles. The number of carboxylic acids is 1. The van der Waals surface area contributed by atoms with Gasteiger partial charge in [0, 0.05) is 25.0 Å². The molecule has 0 fully saturated rings. The van der Waals surface area contributed by atoms with Crippen molar-refractivity contribution in [3.05, 3.63) is 29.8 Å². The maximum absolute atomic E-state index is 11.8. The largest absolute Gasteiger partial charge is 0.480 e. The highest BCUT2D eigenvalue weighted by molar-refractivity contribution is 5.91. The highest BCUT2D eigenvalue weighted by Gasteiger charge is 2.24. The lowest BCUT2D eigenvalue weighted by Crippen LogP contribution is -2.44. The number of nitrogens with two attached hydrogens (primary N) is 1. The van der Waals surface area contributed by atoms with Gasteiger partial charge in [-0.1, -0.05) is 0 Å². The summed E-state index contributed by atoms with van der Waals surface area (Å²) < 4.78 is 6.52. The van der Waals surface area contributed by atoms with Crippen molar-refractivity contribution in [2.45, 2.75) is 38.8 Å². The molecule has 0 aromatic carbocycles. The Morgan fingerprint density at radius 2 is 2.04 bits per heavy atom. The molecule has 25 heavy (non-hydrogen) atoms. The normalized spacial score (nSPS) is 12.6. The number of hydrogen-bond acceptors (Lipinski definition) is 6. The Labute approximate surface area is 143 Å². The van der Waals surface area contributed by atoms with E-state index in [0.29, 0.717) is 5.56 Å². The van der Waals surface area contributed by atoms with Crippen LogP contribution in [0.25, 0.3) is 5.78 Å². The average molecular weight is 349 g/mol. The fourth-order valence-corrected chi connectivity index (χ4v) is 2.04. The molecule has 0 saturated carbocycles. The second-order valence-corrected chi connectivity index (χ2v) is 6.40. The van der Waals surface area contributed by atoms with Crippen molar-refractivity contribution in [2.75, 3.05) is 0 Å². The highest BCUT2D eigenvalue weighted by Crippen LogP contribution is 2.10. The minimum atomic E-state index is -1.21. The minimum absolute atomic E-state index is 0.0262.